The number of anilines is 1. The molecule has 1 amide bonds. The van der Waals surface area contributed by atoms with E-state index in [0.29, 0.717) is 23.5 Å². The highest BCUT2D eigenvalue weighted by atomic mass is 31.0. The van der Waals surface area contributed by atoms with Crippen molar-refractivity contribution < 1.29 is 18.3 Å². The number of hydrogen-bond donors (Lipinski definition) is 0. The second-order valence-corrected chi connectivity index (χ2v) is 9.04. The lowest BCUT2D eigenvalue weighted by molar-refractivity contribution is -0.119. The summed E-state index contributed by atoms with van der Waals surface area (Å²) in [6, 6.07) is 6.61. The largest absolute Gasteiger partial charge is 0.493 e. The van der Waals surface area contributed by atoms with Crippen LogP contribution in [0.2, 0.25) is 0 Å². The fourth-order valence-corrected chi connectivity index (χ4v) is 3.91. The fraction of sp³-hybridized carbons (Fsp3) is 0.238. The molecule has 1 aliphatic heterocycles. The van der Waals surface area contributed by atoms with E-state index < -0.39 is 17.7 Å². The number of rotatable bonds is 6. The molecule has 0 spiro atoms. The van der Waals surface area contributed by atoms with Crippen LogP contribution in [-0.2, 0) is 4.79 Å². The third kappa shape index (κ3) is 3.61. The average Bonchev–Trinajstić information content (AvgIpc) is 3.06. The van der Waals surface area contributed by atoms with E-state index in [9.17, 15) is 13.6 Å². The van der Waals surface area contributed by atoms with Crippen LogP contribution in [0.25, 0.3) is 11.0 Å². The van der Waals surface area contributed by atoms with Gasteiger partial charge in [0.15, 0.2) is 0 Å². The summed E-state index contributed by atoms with van der Waals surface area (Å²) in [4.78, 5) is 18.1. The van der Waals surface area contributed by atoms with Crippen LogP contribution in [-0.4, -0.2) is 27.5 Å². The standard InChI is InChI=1S/C21H21F2N3O2P2/c1-11(29)5-6-28-14-8-15(22)19(16(23)9-14)20-12(2)21(27)26(20)13-3-4-18-17(7-13)24-10-25(18)30/h3-4,7-11,20H,2,5-6,29-30H2,1H3/t11?,20-/m1/s1. The smallest absolute Gasteiger partial charge is 0.256 e. The van der Waals surface area contributed by atoms with Crippen molar-refractivity contribution in [1.82, 2.24) is 9.32 Å². The van der Waals surface area contributed by atoms with Crippen molar-refractivity contribution >= 4 is 41.3 Å². The lowest BCUT2D eigenvalue weighted by Gasteiger charge is -2.42. The predicted molar refractivity (Wildman–Crippen MR) is 120 cm³/mol. The molecular formula is C21H21F2N3O2P2. The van der Waals surface area contributed by atoms with Crippen molar-refractivity contribution in [2.24, 2.45) is 0 Å². The fourth-order valence-electron chi connectivity index (χ4n) is 3.49. The Morgan fingerprint density at radius 1 is 1.27 bits per heavy atom. The monoisotopic (exact) mass is 447 g/mol. The summed E-state index contributed by atoms with van der Waals surface area (Å²) in [6.45, 7) is 6.09. The first-order valence-electron chi connectivity index (χ1n) is 9.39. The van der Waals surface area contributed by atoms with Crippen LogP contribution in [0.15, 0.2) is 48.8 Å². The normalized spacial score (nSPS) is 17.4. The molecule has 0 aliphatic carbocycles. The molecule has 156 valence electrons. The van der Waals surface area contributed by atoms with Gasteiger partial charge in [0, 0.05) is 23.4 Å². The van der Waals surface area contributed by atoms with Crippen molar-refractivity contribution in [1.29, 1.82) is 0 Å². The Hall–Kier alpha value is -2.36. The van der Waals surface area contributed by atoms with Crippen molar-refractivity contribution in [3.8, 4) is 5.75 Å². The van der Waals surface area contributed by atoms with Gasteiger partial charge in [-0.1, -0.05) is 13.5 Å². The predicted octanol–water partition coefficient (Wildman–Crippen LogP) is 4.63. The maximum Gasteiger partial charge on any atom is 0.256 e. The highest BCUT2D eigenvalue weighted by molar-refractivity contribution is 7.17. The molecule has 1 fully saturated rings. The maximum atomic E-state index is 14.9. The molecule has 0 radical (unpaired) electrons. The Balaban J connectivity index is 1.66. The van der Waals surface area contributed by atoms with Crippen LogP contribution in [0.4, 0.5) is 14.5 Å². The van der Waals surface area contributed by atoms with Gasteiger partial charge in [-0.3, -0.25) is 9.69 Å². The molecule has 9 heteroatoms. The van der Waals surface area contributed by atoms with E-state index >= 15 is 0 Å². The summed E-state index contributed by atoms with van der Waals surface area (Å²) < 4.78 is 37.0. The van der Waals surface area contributed by atoms with Gasteiger partial charge in [-0.05, 0) is 39.7 Å². The zero-order valence-corrected chi connectivity index (χ0v) is 18.6. The summed E-state index contributed by atoms with van der Waals surface area (Å²) in [5, 5.41) is 0. The molecule has 1 saturated heterocycles. The molecule has 30 heavy (non-hydrogen) atoms. The number of imidazole rings is 1. The Morgan fingerprint density at radius 2 is 1.97 bits per heavy atom. The number of benzene rings is 2. The van der Waals surface area contributed by atoms with Gasteiger partial charge >= 0.3 is 0 Å². The Bertz CT molecular complexity index is 1140. The van der Waals surface area contributed by atoms with E-state index in [-0.39, 0.29) is 22.8 Å². The van der Waals surface area contributed by atoms with Crippen molar-refractivity contribution in [3.05, 3.63) is 66.0 Å². The van der Waals surface area contributed by atoms with Crippen LogP contribution >= 0.6 is 18.6 Å². The highest BCUT2D eigenvalue weighted by Crippen LogP contribution is 2.45. The number of hydrogen-bond acceptors (Lipinski definition) is 3. The Morgan fingerprint density at radius 3 is 2.63 bits per heavy atom. The van der Waals surface area contributed by atoms with Gasteiger partial charge in [0.2, 0.25) is 0 Å². The highest BCUT2D eigenvalue weighted by Gasteiger charge is 2.45. The molecule has 2 aromatic carbocycles. The minimum absolute atomic E-state index is 0.120. The second-order valence-electron chi connectivity index (χ2n) is 7.34. The Kier molecular flexibility index (Phi) is 5.61. The molecule has 3 unspecified atom stereocenters. The second kappa shape index (κ2) is 8.05. The van der Waals surface area contributed by atoms with Gasteiger partial charge in [-0.15, -0.1) is 9.24 Å². The zero-order chi connectivity index (χ0) is 21.6. The first-order chi connectivity index (χ1) is 14.3. The molecule has 4 atom stereocenters. The van der Waals surface area contributed by atoms with Crippen LogP contribution in [0.1, 0.15) is 24.9 Å². The number of carbonyl (C=O) groups excluding carboxylic acids is 1. The number of β-lactam (4-membered cyclic amide) rings is 1. The van der Waals surface area contributed by atoms with Crippen LogP contribution in [0.5, 0.6) is 5.75 Å². The number of aromatic nitrogens is 2. The molecule has 2 heterocycles. The third-order valence-electron chi connectivity index (χ3n) is 5.09. The van der Waals surface area contributed by atoms with E-state index in [1.54, 1.807) is 28.9 Å². The molecule has 3 aromatic rings. The van der Waals surface area contributed by atoms with Gasteiger partial charge in [0.05, 0.1) is 35.6 Å². The number of halogens is 2. The number of carbonyl (C=O) groups is 1. The topological polar surface area (TPSA) is 47.4 Å². The van der Waals surface area contributed by atoms with Gasteiger partial charge in [-0.25, -0.2) is 13.8 Å². The van der Waals surface area contributed by atoms with Gasteiger partial charge in [0.25, 0.3) is 5.91 Å². The quantitative estimate of drug-likeness (QED) is 0.315. The summed E-state index contributed by atoms with van der Waals surface area (Å²) >= 11 is 0. The lowest BCUT2D eigenvalue weighted by Crippen LogP contribution is -2.49. The van der Waals surface area contributed by atoms with Gasteiger partial charge < -0.3 is 9.07 Å². The Labute approximate surface area is 177 Å². The molecule has 5 nitrogen and oxygen atoms in total. The first-order valence-corrected chi connectivity index (χ1v) is 10.6. The number of ether oxygens (including phenoxy) is 1. The maximum absolute atomic E-state index is 14.9. The molecule has 4 rings (SSSR count). The van der Waals surface area contributed by atoms with E-state index in [4.69, 9.17) is 4.74 Å². The van der Waals surface area contributed by atoms with E-state index in [2.05, 4.69) is 30.2 Å². The minimum atomic E-state index is -0.922. The SMILES string of the molecule is C=C1C(=O)N(c2ccc3c(c2)ncn3P)[C@H]1c1c(F)cc(OCCC(C)P)cc1F. The summed E-state index contributed by atoms with van der Waals surface area (Å²) in [5.74, 6) is -1.81. The number of amides is 1. The number of nitrogens with zero attached hydrogens (tertiary/aromatic N) is 3. The van der Waals surface area contributed by atoms with Gasteiger partial charge in [-0.2, -0.15) is 0 Å². The average molecular weight is 447 g/mol. The van der Waals surface area contributed by atoms with Crippen molar-refractivity contribution in [2.75, 3.05) is 11.5 Å². The lowest BCUT2D eigenvalue weighted by atomic mass is 9.87. The van der Waals surface area contributed by atoms with E-state index in [1.165, 1.54) is 4.90 Å². The first kappa shape index (κ1) is 20.9. The molecule has 1 aliphatic rings. The zero-order valence-electron chi connectivity index (χ0n) is 16.3. The van der Waals surface area contributed by atoms with Crippen LogP contribution in [0, 0.1) is 11.6 Å². The van der Waals surface area contributed by atoms with Crippen molar-refractivity contribution in [3.63, 3.8) is 0 Å². The van der Waals surface area contributed by atoms with Crippen LogP contribution < -0.4 is 9.64 Å². The molecule has 0 bridgehead atoms. The summed E-state index contributed by atoms with van der Waals surface area (Å²) in [6.07, 6.45) is 2.37. The summed E-state index contributed by atoms with van der Waals surface area (Å²) in [7, 11) is 5.16. The number of fused-ring (bicyclic) bond motifs is 1. The van der Waals surface area contributed by atoms with Crippen LogP contribution in [0.3, 0.4) is 0 Å². The third-order valence-corrected chi connectivity index (χ3v) is 5.83. The van der Waals surface area contributed by atoms with Gasteiger partial charge in [0.1, 0.15) is 17.4 Å². The van der Waals surface area contributed by atoms with E-state index in [1.807, 2.05) is 6.92 Å². The van der Waals surface area contributed by atoms with E-state index in [0.717, 1.165) is 24.1 Å². The van der Waals surface area contributed by atoms with Crippen molar-refractivity contribution in [2.45, 2.75) is 25.0 Å². The molecule has 0 saturated carbocycles. The minimum Gasteiger partial charge on any atom is -0.493 e. The molecular weight excluding hydrogens is 426 g/mol. The molecule has 1 aromatic heterocycles. The molecule has 0 N–H and O–H groups in total. The summed E-state index contributed by atoms with van der Waals surface area (Å²) in [5.41, 5.74) is 2.28.